The van der Waals surface area contributed by atoms with Crippen molar-refractivity contribution in [3.63, 3.8) is 0 Å². The van der Waals surface area contributed by atoms with Gasteiger partial charge in [-0.2, -0.15) is 9.65 Å². The summed E-state index contributed by atoms with van der Waals surface area (Å²) in [6, 6.07) is 7.74. The first kappa shape index (κ1) is 16.2. The van der Waals surface area contributed by atoms with Gasteiger partial charge in [0.1, 0.15) is 17.3 Å². The van der Waals surface area contributed by atoms with E-state index in [-0.39, 0.29) is 29.1 Å². The minimum Gasteiger partial charge on any atom is -0.497 e. The largest absolute Gasteiger partial charge is 0.497 e. The predicted molar refractivity (Wildman–Crippen MR) is 78.0 cm³/mol. The number of halogens is 2. The molecule has 0 unspecified atom stereocenters. The molecule has 0 aliphatic heterocycles. The number of hydrogen-bond acceptors (Lipinski definition) is 5. The molecule has 8 heteroatoms. The summed E-state index contributed by atoms with van der Waals surface area (Å²) < 4.78 is 32.4. The number of ether oxygens (including phenoxy) is 1. The fraction of sp³-hybridized carbons (Fsp3) is 0.133. The van der Waals surface area contributed by atoms with Crippen LogP contribution in [0.5, 0.6) is 5.75 Å². The Morgan fingerprint density at radius 1 is 1.30 bits per heavy atom. The number of benzene rings is 2. The van der Waals surface area contributed by atoms with Crippen LogP contribution in [-0.4, -0.2) is 12.0 Å². The Morgan fingerprint density at radius 3 is 2.65 bits per heavy atom. The van der Waals surface area contributed by atoms with E-state index in [0.717, 1.165) is 12.1 Å². The molecule has 118 valence electrons. The topological polar surface area (TPSA) is 88.2 Å². The average Bonchev–Trinajstić information content (AvgIpc) is 2.53. The molecule has 0 atom stereocenters. The molecule has 0 amide bonds. The Balaban J connectivity index is 2.35. The van der Waals surface area contributed by atoms with Crippen molar-refractivity contribution >= 4 is 11.4 Å². The molecule has 0 fully saturated rings. The fourth-order valence-corrected chi connectivity index (χ4v) is 1.98. The summed E-state index contributed by atoms with van der Waals surface area (Å²) in [5.41, 5.74) is -0.535. The smallest absolute Gasteiger partial charge is 0.327 e. The molecular formula is C15H11F2N3O3. The monoisotopic (exact) mass is 319 g/mol. The van der Waals surface area contributed by atoms with E-state index in [2.05, 4.69) is 5.32 Å². The van der Waals surface area contributed by atoms with E-state index in [1.54, 1.807) is 0 Å². The second-order valence-electron chi connectivity index (χ2n) is 4.53. The first-order valence-corrected chi connectivity index (χ1v) is 6.40. The maximum absolute atomic E-state index is 13.8. The molecule has 0 aliphatic carbocycles. The molecular weight excluding hydrogens is 308 g/mol. The van der Waals surface area contributed by atoms with Crippen molar-refractivity contribution < 1.29 is 18.4 Å². The van der Waals surface area contributed by atoms with Gasteiger partial charge in [-0.05, 0) is 18.2 Å². The maximum Gasteiger partial charge on any atom is 0.327 e. The lowest BCUT2D eigenvalue weighted by Gasteiger charge is -2.10. The third-order valence-corrected chi connectivity index (χ3v) is 3.10. The molecule has 6 nitrogen and oxygen atoms in total. The van der Waals surface area contributed by atoms with E-state index in [1.165, 1.54) is 25.3 Å². The lowest BCUT2D eigenvalue weighted by atomic mass is 10.1. The highest BCUT2D eigenvalue weighted by molar-refractivity contribution is 5.65. The van der Waals surface area contributed by atoms with Gasteiger partial charge in [-0.1, -0.05) is 0 Å². The van der Waals surface area contributed by atoms with E-state index in [1.807, 2.05) is 6.07 Å². The molecule has 23 heavy (non-hydrogen) atoms. The van der Waals surface area contributed by atoms with Crippen LogP contribution in [0, 0.1) is 33.1 Å². The van der Waals surface area contributed by atoms with Crippen molar-refractivity contribution in [2.75, 3.05) is 12.4 Å². The van der Waals surface area contributed by atoms with Gasteiger partial charge in [0, 0.05) is 24.2 Å². The van der Waals surface area contributed by atoms with Gasteiger partial charge in [0.15, 0.2) is 0 Å². The zero-order valence-electron chi connectivity index (χ0n) is 12.0. The molecule has 0 radical (unpaired) electrons. The first-order chi connectivity index (χ1) is 11.0. The summed E-state index contributed by atoms with van der Waals surface area (Å²) in [6.07, 6.45) is 0. The second-order valence-corrected chi connectivity index (χ2v) is 4.53. The number of anilines is 1. The van der Waals surface area contributed by atoms with E-state index in [4.69, 9.17) is 10.00 Å². The predicted octanol–water partition coefficient (Wildman–Crippen LogP) is 3.37. The molecule has 0 heterocycles. The lowest BCUT2D eigenvalue weighted by molar-refractivity contribution is -0.386. The van der Waals surface area contributed by atoms with Gasteiger partial charge in [0.2, 0.25) is 5.82 Å². The molecule has 2 aromatic carbocycles. The normalized spacial score (nSPS) is 10.0. The van der Waals surface area contributed by atoms with Crippen LogP contribution in [-0.2, 0) is 6.54 Å². The molecule has 0 aliphatic rings. The Labute approximate surface area is 130 Å². The first-order valence-electron chi connectivity index (χ1n) is 6.40. The molecule has 2 aromatic rings. The number of nitriles is 1. The second kappa shape index (κ2) is 6.70. The van der Waals surface area contributed by atoms with E-state index >= 15 is 0 Å². The average molecular weight is 319 g/mol. The van der Waals surface area contributed by atoms with Crippen molar-refractivity contribution in [3.05, 3.63) is 63.2 Å². The van der Waals surface area contributed by atoms with E-state index < -0.39 is 22.2 Å². The standard InChI is InChI=1S/C15H11F2N3O3/c1-23-11-5-13(17)15(20(21)22)14(6-11)19-8-10-4-9(7-18)2-3-12(10)16/h2-6,19H,8H2,1H3. The zero-order chi connectivity index (χ0) is 17.0. The highest BCUT2D eigenvalue weighted by Gasteiger charge is 2.22. The van der Waals surface area contributed by atoms with Crippen molar-refractivity contribution in [1.29, 1.82) is 5.26 Å². The number of hydrogen-bond donors (Lipinski definition) is 1. The highest BCUT2D eigenvalue weighted by Crippen LogP contribution is 2.32. The third kappa shape index (κ3) is 3.52. The summed E-state index contributed by atoms with van der Waals surface area (Å²) in [4.78, 5) is 10.1. The van der Waals surface area contributed by atoms with Crippen LogP contribution in [0.2, 0.25) is 0 Å². The van der Waals surface area contributed by atoms with Crippen LogP contribution in [0.4, 0.5) is 20.2 Å². The fourth-order valence-electron chi connectivity index (χ4n) is 1.98. The number of nitrogens with one attached hydrogen (secondary N) is 1. The van der Waals surface area contributed by atoms with Crippen LogP contribution >= 0.6 is 0 Å². The van der Waals surface area contributed by atoms with Crippen molar-refractivity contribution in [2.45, 2.75) is 6.54 Å². The van der Waals surface area contributed by atoms with Gasteiger partial charge in [-0.15, -0.1) is 0 Å². The summed E-state index contributed by atoms with van der Waals surface area (Å²) in [7, 11) is 1.29. The number of nitro groups is 1. The van der Waals surface area contributed by atoms with Crippen molar-refractivity contribution in [1.82, 2.24) is 0 Å². The van der Waals surface area contributed by atoms with Crippen LogP contribution in [0.15, 0.2) is 30.3 Å². The SMILES string of the molecule is COc1cc(F)c([N+](=O)[O-])c(NCc2cc(C#N)ccc2F)c1. The maximum atomic E-state index is 13.8. The number of methoxy groups -OCH3 is 1. The van der Waals surface area contributed by atoms with Gasteiger partial charge in [0.25, 0.3) is 0 Å². The Bertz CT molecular complexity index is 803. The molecule has 2 rings (SSSR count). The molecule has 0 bridgehead atoms. The summed E-state index contributed by atoms with van der Waals surface area (Å²) in [5.74, 6) is -1.56. The van der Waals surface area contributed by atoms with Crippen LogP contribution in [0.3, 0.4) is 0 Å². The number of nitrogens with zero attached hydrogens (tertiary/aromatic N) is 2. The summed E-state index contributed by atoms with van der Waals surface area (Å²) in [6.45, 7) is -0.158. The number of nitro benzene ring substituents is 1. The molecule has 0 spiro atoms. The van der Waals surface area contributed by atoms with E-state index in [9.17, 15) is 18.9 Å². The van der Waals surface area contributed by atoms with Gasteiger partial charge < -0.3 is 10.1 Å². The minimum atomic E-state index is -1.07. The van der Waals surface area contributed by atoms with Crippen molar-refractivity contribution in [3.8, 4) is 11.8 Å². The third-order valence-electron chi connectivity index (χ3n) is 3.10. The molecule has 0 saturated heterocycles. The molecule has 1 N–H and O–H groups in total. The van der Waals surface area contributed by atoms with Crippen LogP contribution in [0.25, 0.3) is 0 Å². The molecule has 0 saturated carbocycles. The minimum absolute atomic E-state index is 0.0850. The van der Waals surface area contributed by atoms with Crippen molar-refractivity contribution in [2.24, 2.45) is 0 Å². The van der Waals surface area contributed by atoms with Gasteiger partial charge in [-0.3, -0.25) is 10.1 Å². The Morgan fingerprint density at radius 2 is 2.04 bits per heavy atom. The van der Waals surface area contributed by atoms with Gasteiger partial charge >= 0.3 is 5.69 Å². The van der Waals surface area contributed by atoms with E-state index in [0.29, 0.717) is 0 Å². The van der Waals surface area contributed by atoms with Crippen LogP contribution in [0.1, 0.15) is 11.1 Å². The Kier molecular flexibility index (Phi) is 4.71. The quantitative estimate of drug-likeness (QED) is 0.674. The zero-order valence-corrected chi connectivity index (χ0v) is 12.0. The summed E-state index contributed by atoms with van der Waals surface area (Å²) >= 11 is 0. The van der Waals surface area contributed by atoms with Gasteiger partial charge in [0.05, 0.1) is 23.7 Å². The van der Waals surface area contributed by atoms with Crippen LogP contribution < -0.4 is 10.1 Å². The molecule has 0 aromatic heterocycles. The summed E-state index contributed by atoms with van der Waals surface area (Å²) in [5, 5.41) is 22.4. The van der Waals surface area contributed by atoms with Gasteiger partial charge in [-0.25, -0.2) is 4.39 Å². The Hall–Kier alpha value is -3.21. The highest BCUT2D eigenvalue weighted by atomic mass is 19.1. The lowest BCUT2D eigenvalue weighted by Crippen LogP contribution is -2.06. The number of rotatable bonds is 5.